The molecule has 2 aliphatic rings. The van der Waals surface area contributed by atoms with E-state index >= 15 is 0 Å². The van der Waals surface area contributed by atoms with Crippen LogP contribution < -0.4 is 5.32 Å². The first kappa shape index (κ1) is 15.3. The summed E-state index contributed by atoms with van der Waals surface area (Å²) in [6.45, 7) is 1.39. The van der Waals surface area contributed by atoms with Gasteiger partial charge in [-0.3, -0.25) is 4.79 Å². The lowest BCUT2D eigenvalue weighted by Crippen LogP contribution is -2.30. The molecule has 0 radical (unpaired) electrons. The number of aromatic nitrogens is 2. The van der Waals surface area contributed by atoms with Gasteiger partial charge < -0.3 is 14.6 Å². The number of ether oxygens (including phenoxy) is 1. The molecule has 2 fully saturated rings. The topological polar surface area (TPSA) is 56.1 Å². The molecule has 0 bridgehead atoms. The number of amides is 1. The normalized spacial score (nSPS) is 25.2. The first-order chi connectivity index (χ1) is 10.7. The molecular formula is C17H25N3O2. The summed E-state index contributed by atoms with van der Waals surface area (Å²) in [5, 5.41) is 3.05. The highest BCUT2D eigenvalue weighted by atomic mass is 16.5. The van der Waals surface area contributed by atoms with Gasteiger partial charge in [-0.05, 0) is 32.1 Å². The molecule has 120 valence electrons. The van der Waals surface area contributed by atoms with Gasteiger partial charge in [-0.1, -0.05) is 12.0 Å². The zero-order valence-corrected chi connectivity index (χ0v) is 13.3. The SMILES string of the molecule is Cn1ccnc1[C@@H]1OCC[C@H]1CNC(=O)C=C1CCCCC1. The average Bonchev–Trinajstić information content (AvgIpc) is 3.14. The molecule has 3 rings (SSSR count). The lowest BCUT2D eigenvalue weighted by atomic mass is 9.94. The van der Waals surface area contributed by atoms with Gasteiger partial charge in [-0.2, -0.15) is 0 Å². The second kappa shape index (κ2) is 7.09. The van der Waals surface area contributed by atoms with Crippen molar-refractivity contribution in [3.05, 3.63) is 29.9 Å². The molecule has 0 spiro atoms. The highest BCUT2D eigenvalue weighted by molar-refractivity contribution is 5.88. The van der Waals surface area contributed by atoms with Crippen LogP contribution >= 0.6 is 0 Å². The Morgan fingerprint density at radius 1 is 1.45 bits per heavy atom. The summed E-state index contributed by atoms with van der Waals surface area (Å²) in [5.41, 5.74) is 1.30. The van der Waals surface area contributed by atoms with Gasteiger partial charge in [0.25, 0.3) is 0 Å². The molecule has 1 aromatic rings. The van der Waals surface area contributed by atoms with Gasteiger partial charge in [0.15, 0.2) is 0 Å². The van der Waals surface area contributed by atoms with Crippen molar-refractivity contribution in [3.63, 3.8) is 0 Å². The molecule has 0 aromatic carbocycles. The van der Waals surface area contributed by atoms with Crippen molar-refractivity contribution in [3.8, 4) is 0 Å². The van der Waals surface area contributed by atoms with E-state index in [4.69, 9.17) is 4.74 Å². The van der Waals surface area contributed by atoms with E-state index in [2.05, 4.69) is 10.3 Å². The Hall–Kier alpha value is -1.62. The number of nitrogens with one attached hydrogen (secondary N) is 1. The van der Waals surface area contributed by atoms with Gasteiger partial charge in [-0.25, -0.2) is 4.98 Å². The maximum atomic E-state index is 12.1. The third-order valence-electron chi connectivity index (χ3n) is 4.70. The van der Waals surface area contributed by atoms with Crippen molar-refractivity contribution in [1.29, 1.82) is 0 Å². The van der Waals surface area contributed by atoms with Crippen molar-refractivity contribution >= 4 is 5.91 Å². The number of carbonyl (C=O) groups excluding carboxylic acids is 1. The predicted octanol–water partition coefficient (Wildman–Crippen LogP) is 2.50. The van der Waals surface area contributed by atoms with Crippen LogP contribution in [0, 0.1) is 5.92 Å². The summed E-state index contributed by atoms with van der Waals surface area (Å²) < 4.78 is 7.82. The van der Waals surface area contributed by atoms with Crippen LogP contribution in [0.15, 0.2) is 24.0 Å². The van der Waals surface area contributed by atoms with Gasteiger partial charge in [-0.15, -0.1) is 0 Å². The number of aryl methyl sites for hydroxylation is 1. The first-order valence-electron chi connectivity index (χ1n) is 8.30. The maximum absolute atomic E-state index is 12.1. The molecule has 1 amide bonds. The molecule has 1 N–H and O–H groups in total. The molecule has 5 nitrogen and oxygen atoms in total. The zero-order valence-electron chi connectivity index (χ0n) is 13.3. The molecule has 2 heterocycles. The molecule has 2 atom stereocenters. The minimum absolute atomic E-state index is 0.0115. The van der Waals surface area contributed by atoms with Gasteiger partial charge in [0, 0.05) is 44.6 Å². The number of nitrogens with zero attached hydrogens (tertiary/aromatic N) is 2. The second-order valence-corrected chi connectivity index (χ2v) is 6.34. The molecule has 1 aliphatic heterocycles. The molecule has 1 aliphatic carbocycles. The maximum Gasteiger partial charge on any atom is 0.243 e. The molecule has 1 saturated carbocycles. The number of imidazole rings is 1. The number of hydrogen-bond acceptors (Lipinski definition) is 3. The van der Waals surface area contributed by atoms with Gasteiger partial charge in [0.05, 0.1) is 0 Å². The van der Waals surface area contributed by atoms with E-state index < -0.39 is 0 Å². The van der Waals surface area contributed by atoms with Gasteiger partial charge in [0.2, 0.25) is 5.91 Å². The number of rotatable bonds is 4. The van der Waals surface area contributed by atoms with E-state index in [1.54, 1.807) is 6.20 Å². The lowest BCUT2D eigenvalue weighted by molar-refractivity contribution is -0.116. The number of carbonyl (C=O) groups is 1. The molecule has 0 unspecified atom stereocenters. The van der Waals surface area contributed by atoms with Crippen LogP contribution in [0.25, 0.3) is 0 Å². The highest BCUT2D eigenvalue weighted by Crippen LogP contribution is 2.32. The van der Waals surface area contributed by atoms with Crippen molar-refractivity contribution in [2.24, 2.45) is 13.0 Å². The van der Waals surface area contributed by atoms with Crippen LogP contribution in [0.4, 0.5) is 0 Å². The molecule has 22 heavy (non-hydrogen) atoms. The van der Waals surface area contributed by atoms with Crippen LogP contribution in [-0.4, -0.2) is 28.6 Å². The van der Waals surface area contributed by atoms with Crippen LogP contribution in [-0.2, 0) is 16.6 Å². The number of hydrogen-bond donors (Lipinski definition) is 1. The van der Waals surface area contributed by atoms with Gasteiger partial charge >= 0.3 is 0 Å². The molecular weight excluding hydrogens is 278 g/mol. The van der Waals surface area contributed by atoms with E-state index in [-0.39, 0.29) is 12.0 Å². The van der Waals surface area contributed by atoms with E-state index in [0.717, 1.165) is 31.7 Å². The standard InChI is InChI=1S/C17H25N3O2/c1-20-9-8-18-17(20)16-14(7-10-22-16)12-19-15(21)11-13-5-3-2-4-6-13/h8-9,11,14,16H,2-7,10,12H2,1H3,(H,19,21)/t14-,16+/m0/s1. The van der Waals surface area contributed by atoms with Crippen molar-refractivity contribution < 1.29 is 9.53 Å². The molecule has 1 saturated heterocycles. The smallest absolute Gasteiger partial charge is 0.243 e. The molecule has 5 heteroatoms. The Kier molecular flexibility index (Phi) is 4.93. The monoisotopic (exact) mass is 303 g/mol. The number of allylic oxidation sites excluding steroid dienone is 1. The van der Waals surface area contributed by atoms with Crippen molar-refractivity contribution in [1.82, 2.24) is 14.9 Å². The van der Waals surface area contributed by atoms with E-state index in [1.807, 2.05) is 23.9 Å². The minimum Gasteiger partial charge on any atom is -0.370 e. The van der Waals surface area contributed by atoms with E-state index in [9.17, 15) is 4.79 Å². The summed E-state index contributed by atoms with van der Waals surface area (Å²) in [4.78, 5) is 16.5. The summed E-state index contributed by atoms with van der Waals surface area (Å²) in [6, 6.07) is 0. The highest BCUT2D eigenvalue weighted by Gasteiger charge is 2.32. The molecule has 1 aromatic heterocycles. The summed E-state index contributed by atoms with van der Waals surface area (Å²) in [5.74, 6) is 1.29. The summed E-state index contributed by atoms with van der Waals surface area (Å²) in [6.07, 6.45) is 12.4. The van der Waals surface area contributed by atoms with Crippen molar-refractivity contribution in [2.45, 2.75) is 44.6 Å². The van der Waals surface area contributed by atoms with Crippen LogP contribution in [0.3, 0.4) is 0 Å². The third-order valence-corrected chi connectivity index (χ3v) is 4.70. The fourth-order valence-electron chi connectivity index (χ4n) is 3.40. The van der Waals surface area contributed by atoms with Crippen LogP contribution in [0.2, 0.25) is 0 Å². The average molecular weight is 303 g/mol. The predicted molar refractivity (Wildman–Crippen MR) is 84.2 cm³/mol. The second-order valence-electron chi connectivity index (χ2n) is 6.34. The Labute approximate surface area is 131 Å². The fraction of sp³-hybridized carbons (Fsp3) is 0.647. The Bertz CT molecular complexity index is 542. The van der Waals surface area contributed by atoms with E-state index in [0.29, 0.717) is 12.5 Å². The van der Waals surface area contributed by atoms with Gasteiger partial charge in [0.1, 0.15) is 11.9 Å². The quantitative estimate of drug-likeness (QED) is 0.870. The van der Waals surface area contributed by atoms with E-state index in [1.165, 1.54) is 24.8 Å². The summed E-state index contributed by atoms with van der Waals surface area (Å²) >= 11 is 0. The first-order valence-corrected chi connectivity index (χ1v) is 8.30. The Balaban J connectivity index is 1.54. The Morgan fingerprint density at radius 2 is 2.27 bits per heavy atom. The lowest BCUT2D eigenvalue weighted by Gasteiger charge is -2.19. The largest absolute Gasteiger partial charge is 0.370 e. The van der Waals surface area contributed by atoms with Crippen molar-refractivity contribution in [2.75, 3.05) is 13.2 Å². The Morgan fingerprint density at radius 3 is 3.00 bits per heavy atom. The van der Waals surface area contributed by atoms with Crippen LogP contribution in [0.1, 0.15) is 50.5 Å². The minimum atomic E-state index is -0.0115. The van der Waals surface area contributed by atoms with Crippen LogP contribution in [0.5, 0.6) is 0 Å². The summed E-state index contributed by atoms with van der Waals surface area (Å²) in [7, 11) is 1.98. The fourth-order valence-corrected chi connectivity index (χ4v) is 3.40. The zero-order chi connectivity index (χ0) is 15.4. The third kappa shape index (κ3) is 3.58.